The van der Waals surface area contributed by atoms with Gasteiger partial charge in [-0.1, -0.05) is 0 Å². The molecule has 0 bridgehead atoms. The maximum atomic E-state index is 11.6. The van der Waals surface area contributed by atoms with Gasteiger partial charge in [0, 0.05) is 13.6 Å². The van der Waals surface area contributed by atoms with Gasteiger partial charge in [0.15, 0.2) is 5.75 Å². The Morgan fingerprint density at radius 3 is 2.55 bits per heavy atom. The van der Waals surface area contributed by atoms with Gasteiger partial charge in [-0.25, -0.2) is 4.79 Å². The van der Waals surface area contributed by atoms with E-state index in [2.05, 4.69) is 10.1 Å². The van der Waals surface area contributed by atoms with Crippen LogP contribution in [0, 0.1) is 0 Å². The van der Waals surface area contributed by atoms with E-state index in [-0.39, 0.29) is 13.2 Å². The fraction of sp³-hybridized carbons (Fsp3) is 0.462. The van der Waals surface area contributed by atoms with Crippen molar-refractivity contribution in [2.75, 3.05) is 44.6 Å². The molecule has 0 atom stereocenters. The Bertz CT molecular complexity index is 464. The highest BCUT2D eigenvalue weighted by atomic mass is 16.5. The summed E-state index contributed by atoms with van der Waals surface area (Å²) < 4.78 is 9.98. The van der Waals surface area contributed by atoms with E-state index in [1.165, 1.54) is 19.1 Å². The highest BCUT2D eigenvalue weighted by Crippen LogP contribution is 2.37. The predicted molar refractivity (Wildman–Crippen MR) is 75.3 cm³/mol. The lowest BCUT2D eigenvalue weighted by molar-refractivity contribution is 0.180. The van der Waals surface area contributed by atoms with Gasteiger partial charge in [0.05, 0.1) is 38.8 Å². The first-order chi connectivity index (χ1) is 9.58. The summed E-state index contributed by atoms with van der Waals surface area (Å²) in [6.45, 7) is 0.0983. The topological polar surface area (TPSA) is 91.3 Å². The van der Waals surface area contributed by atoms with Crippen LogP contribution < -0.4 is 15.0 Å². The van der Waals surface area contributed by atoms with E-state index in [1.54, 1.807) is 19.2 Å². The minimum Gasteiger partial charge on any atom is -0.492 e. The van der Waals surface area contributed by atoms with Crippen molar-refractivity contribution in [2.45, 2.75) is 6.61 Å². The van der Waals surface area contributed by atoms with Crippen LogP contribution in [0.3, 0.4) is 0 Å². The van der Waals surface area contributed by atoms with Crippen LogP contribution in [0.25, 0.3) is 0 Å². The van der Waals surface area contributed by atoms with Crippen LogP contribution in [0.5, 0.6) is 5.75 Å². The number of hydrogen-bond donors (Lipinski definition) is 3. The molecule has 0 heterocycles. The summed E-state index contributed by atoms with van der Waals surface area (Å²) in [5.74, 6) is 0.434. The van der Waals surface area contributed by atoms with Crippen LogP contribution in [-0.2, 0) is 11.3 Å². The summed E-state index contributed by atoms with van der Waals surface area (Å²) in [7, 11) is 4.31. The van der Waals surface area contributed by atoms with E-state index in [0.717, 1.165) is 0 Å². The molecule has 1 aromatic rings. The van der Waals surface area contributed by atoms with Gasteiger partial charge in [0.2, 0.25) is 0 Å². The van der Waals surface area contributed by atoms with Crippen LogP contribution >= 0.6 is 0 Å². The second-order valence-electron chi connectivity index (χ2n) is 4.03. The van der Waals surface area contributed by atoms with E-state index >= 15 is 0 Å². The molecule has 1 amide bonds. The fourth-order valence-corrected chi connectivity index (χ4v) is 1.78. The summed E-state index contributed by atoms with van der Waals surface area (Å²) >= 11 is 0. The van der Waals surface area contributed by atoms with Crippen molar-refractivity contribution in [3.8, 4) is 5.75 Å². The summed E-state index contributed by atoms with van der Waals surface area (Å²) in [4.78, 5) is 12.9. The summed E-state index contributed by atoms with van der Waals surface area (Å²) in [6, 6.07) is 3.34. The first kappa shape index (κ1) is 16.1. The van der Waals surface area contributed by atoms with E-state index in [0.29, 0.717) is 29.2 Å². The van der Waals surface area contributed by atoms with Gasteiger partial charge < -0.3 is 25.0 Å². The lowest BCUT2D eigenvalue weighted by Gasteiger charge is -2.22. The third-order valence-corrected chi connectivity index (χ3v) is 2.75. The standard InChI is InChI=1S/C13H20N2O5/c1-15(13(18)20-3)11-7-9(8-17)6-10(12(11)19-2)14-4-5-16/h6-7,14,16-17H,4-5,8H2,1-3H3. The second-order valence-corrected chi connectivity index (χ2v) is 4.03. The number of nitrogens with zero attached hydrogens (tertiary/aromatic N) is 1. The summed E-state index contributed by atoms with van der Waals surface area (Å²) in [5.41, 5.74) is 1.65. The Labute approximate surface area is 117 Å². The number of carbonyl (C=O) groups is 1. The lowest BCUT2D eigenvalue weighted by atomic mass is 10.1. The second kappa shape index (κ2) is 7.56. The quantitative estimate of drug-likeness (QED) is 0.715. The minimum absolute atomic E-state index is 0.0469. The molecule has 0 spiro atoms. The number of methoxy groups -OCH3 is 2. The minimum atomic E-state index is -0.550. The first-order valence-corrected chi connectivity index (χ1v) is 6.07. The third kappa shape index (κ3) is 3.52. The van der Waals surface area contributed by atoms with Crippen molar-refractivity contribution >= 4 is 17.5 Å². The van der Waals surface area contributed by atoms with Gasteiger partial charge in [-0.3, -0.25) is 4.90 Å². The maximum Gasteiger partial charge on any atom is 0.413 e. The molecule has 0 aliphatic rings. The SMILES string of the molecule is COC(=O)N(C)c1cc(CO)cc(NCCO)c1OC. The molecule has 112 valence electrons. The molecule has 20 heavy (non-hydrogen) atoms. The van der Waals surface area contributed by atoms with Gasteiger partial charge in [0.1, 0.15) is 0 Å². The molecule has 1 rings (SSSR count). The number of ether oxygens (including phenoxy) is 2. The zero-order chi connectivity index (χ0) is 15.1. The fourth-order valence-electron chi connectivity index (χ4n) is 1.78. The molecule has 0 saturated heterocycles. The van der Waals surface area contributed by atoms with E-state index in [9.17, 15) is 9.90 Å². The highest BCUT2D eigenvalue weighted by molar-refractivity contribution is 5.91. The smallest absolute Gasteiger partial charge is 0.413 e. The molecule has 0 fully saturated rings. The maximum absolute atomic E-state index is 11.6. The normalized spacial score (nSPS) is 10.1. The van der Waals surface area contributed by atoms with Gasteiger partial charge >= 0.3 is 6.09 Å². The molecule has 0 aromatic heterocycles. The molecule has 0 saturated carbocycles. The molecular formula is C13H20N2O5. The van der Waals surface area contributed by atoms with Crippen LogP contribution in [0.15, 0.2) is 12.1 Å². The molecule has 0 aliphatic carbocycles. The molecule has 0 aliphatic heterocycles. The first-order valence-electron chi connectivity index (χ1n) is 6.07. The van der Waals surface area contributed by atoms with Crippen LogP contribution in [0.4, 0.5) is 16.2 Å². The summed E-state index contributed by atoms with van der Waals surface area (Å²) in [6.07, 6.45) is -0.550. The molecule has 7 heteroatoms. The van der Waals surface area contributed by atoms with E-state index < -0.39 is 6.09 Å². The number of aliphatic hydroxyl groups is 2. The number of benzene rings is 1. The third-order valence-electron chi connectivity index (χ3n) is 2.75. The van der Waals surface area contributed by atoms with Gasteiger partial charge in [-0.15, -0.1) is 0 Å². The Kier molecular flexibility index (Phi) is 6.08. The number of carbonyl (C=O) groups excluding carboxylic acids is 1. The van der Waals surface area contributed by atoms with Crippen molar-refractivity contribution in [3.63, 3.8) is 0 Å². The van der Waals surface area contributed by atoms with Gasteiger partial charge in [0.25, 0.3) is 0 Å². The average Bonchev–Trinajstić information content (AvgIpc) is 2.50. The molecule has 7 nitrogen and oxygen atoms in total. The Balaban J connectivity index is 3.28. The van der Waals surface area contributed by atoms with E-state index in [4.69, 9.17) is 9.84 Å². The van der Waals surface area contributed by atoms with Gasteiger partial charge in [-0.2, -0.15) is 0 Å². The molecule has 3 N–H and O–H groups in total. The van der Waals surface area contributed by atoms with Crippen LogP contribution in [0.2, 0.25) is 0 Å². The predicted octanol–water partition coefficient (Wildman–Crippen LogP) is 0.794. The zero-order valence-corrected chi connectivity index (χ0v) is 11.8. The van der Waals surface area contributed by atoms with E-state index in [1.807, 2.05) is 0 Å². The van der Waals surface area contributed by atoms with Crippen molar-refractivity contribution in [2.24, 2.45) is 0 Å². The average molecular weight is 284 g/mol. The van der Waals surface area contributed by atoms with Crippen molar-refractivity contribution in [1.29, 1.82) is 0 Å². The molecule has 1 aromatic carbocycles. The Morgan fingerprint density at radius 1 is 1.35 bits per heavy atom. The zero-order valence-electron chi connectivity index (χ0n) is 11.8. The molecule has 0 unspecified atom stereocenters. The Morgan fingerprint density at radius 2 is 2.05 bits per heavy atom. The lowest BCUT2D eigenvalue weighted by Crippen LogP contribution is -2.26. The highest BCUT2D eigenvalue weighted by Gasteiger charge is 2.19. The van der Waals surface area contributed by atoms with Crippen molar-refractivity contribution < 1.29 is 24.5 Å². The number of hydrogen-bond acceptors (Lipinski definition) is 6. The van der Waals surface area contributed by atoms with Crippen LogP contribution in [0.1, 0.15) is 5.56 Å². The van der Waals surface area contributed by atoms with Gasteiger partial charge in [-0.05, 0) is 17.7 Å². The number of nitrogens with one attached hydrogen (secondary N) is 1. The number of rotatable bonds is 6. The van der Waals surface area contributed by atoms with Crippen molar-refractivity contribution in [1.82, 2.24) is 0 Å². The van der Waals surface area contributed by atoms with Crippen molar-refractivity contribution in [3.05, 3.63) is 17.7 Å². The number of aliphatic hydroxyl groups excluding tert-OH is 2. The summed E-state index contributed by atoms with van der Waals surface area (Å²) in [5, 5.41) is 21.2. The van der Waals surface area contributed by atoms with Crippen LogP contribution in [-0.4, -0.2) is 50.7 Å². The Hall–Kier alpha value is -1.99. The monoisotopic (exact) mass is 284 g/mol. The molecular weight excluding hydrogens is 264 g/mol. The molecule has 0 radical (unpaired) electrons. The largest absolute Gasteiger partial charge is 0.492 e. The number of anilines is 2. The number of amides is 1.